The number of nitro benzene ring substituents is 1. The van der Waals surface area contributed by atoms with Gasteiger partial charge in [-0.25, -0.2) is 0 Å². The van der Waals surface area contributed by atoms with Gasteiger partial charge in [-0.05, 0) is 39.6 Å². The van der Waals surface area contributed by atoms with Gasteiger partial charge in [-0.1, -0.05) is 6.07 Å². The van der Waals surface area contributed by atoms with Gasteiger partial charge in [0.15, 0.2) is 0 Å². The molecule has 0 amide bonds. The molecule has 0 unspecified atom stereocenters. The molecule has 94 valence electrons. The van der Waals surface area contributed by atoms with E-state index in [-0.39, 0.29) is 16.7 Å². The maximum atomic E-state index is 11.0. The van der Waals surface area contributed by atoms with Gasteiger partial charge in [0, 0.05) is 18.7 Å². The Morgan fingerprint density at radius 3 is 2.53 bits per heavy atom. The number of nitro groups is 1. The molecule has 0 radical (unpaired) electrons. The van der Waals surface area contributed by atoms with E-state index in [1.807, 2.05) is 38.9 Å². The Morgan fingerprint density at radius 1 is 1.41 bits per heavy atom. The van der Waals surface area contributed by atoms with Crippen LogP contribution in [0.4, 0.5) is 11.4 Å². The molecule has 1 N–H and O–H groups in total. The smallest absolute Gasteiger partial charge is 0.292 e. The summed E-state index contributed by atoms with van der Waals surface area (Å²) in [5.74, 6) is 0. The minimum atomic E-state index is -0.343. The Bertz CT molecular complexity index is 403. The lowest BCUT2D eigenvalue weighted by atomic mass is 10.1. The van der Waals surface area contributed by atoms with Crippen LogP contribution in [-0.2, 0) is 6.54 Å². The summed E-state index contributed by atoms with van der Waals surface area (Å²) in [6.45, 7) is 4.61. The number of nitrogens with one attached hydrogen (secondary N) is 1. The van der Waals surface area contributed by atoms with Crippen LogP contribution in [0.1, 0.15) is 19.4 Å². The number of hydrogen-bond donors (Lipinski definition) is 1. The van der Waals surface area contributed by atoms with Gasteiger partial charge in [-0.3, -0.25) is 10.1 Å². The molecule has 17 heavy (non-hydrogen) atoms. The third-order valence-electron chi connectivity index (χ3n) is 2.20. The predicted octanol–water partition coefficient (Wildman–Crippen LogP) is 2.48. The number of benzene rings is 1. The van der Waals surface area contributed by atoms with Gasteiger partial charge in [0.2, 0.25) is 0 Å². The molecule has 0 aliphatic carbocycles. The molecule has 1 rings (SSSR count). The first-order chi connectivity index (χ1) is 7.90. The van der Waals surface area contributed by atoms with E-state index in [4.69, 9.17) is 0 Å². The lowest BCUT2D eigenvalue weighted by molar-refractivity contribution is -0.384. The summed E-state index contributed by atoms with van der Waals surface area (Å²) in [5, 5.41) is 14.1. The first-order valence-electron chi connectivity index (χ1n) is 5.58. The minimum absolute atomic E-state index is 0.137. The normalized spacial score (nSPS) is 10.9. The molecule has 1 aromatic rings. The first-order valence-corrected chi connectivity index (χ1v) is 5.58. The van der Waals surface area contributed by atoms with Crippen molar-refractivity contribution >= 4 is 11.4 Å². The van der Waals surface area contributed by atoms with Crippen molar-refractivity contribution in [1.29, 1.82) is 0 Å². The Kier molecular flexibility index (Phi) is 4.45. The maximum absolute atomic E-state index is 11.0. The molecule has 0 atom stereocenters. The number of hydrogen-bond acceptors (Lipinski definition) is 4. The van der Waals surface area contributed by atoms with Gasteiger partial charge >= 0.3 is 0 Å². The van der Waals surface area contributed by atoms with Crippen molar-refractivity contribution in [3.63, 3.8) is 0 Å². The third-order valence-corrected chi connectivity index (χ3v) is 2.20. The number of nitrogens with zero attached hydrogens (tertiary/aromatic N) is 2. The van der Waals surface area contributed by atoms with Crippen LogP contribution >= 0.6 is 0 Å². The average Bonchev–Trinajstić information content (AvgIpc) is 2.18. The molecular formula is C12H19N3O2. The molecule has 0 spiro atoms. The fourth-order valence-electron chi connectivity index (χ4n) is 1.62. The highest BCUT2D eigenvalue weighted by atomic mass is 16.6. The summed E-state index contributed by atoms with van der Waals surface area (Å²) in [4.78, 5) is 12.6. The number of anilines is 1. The predicted molar refractivity (Wildman–Crippen MR) is 69.2 cm³/mol. The highest BCUT2D eigenvalue weighted by Crippen LogP contribution is 2.26. The van der Waals surface area contributed by atoms with E-state index in [0.29, 0.717) is 12.2 Å². The first kappa shape index (κ1) is 13.4. The number of rotatable bonds is 5. The molecule has 0 saturated carbocycles. The van der Waals surface area contributed by atoms with Crippen LogP contribution in [-0.4, -0.2) is 30.0 Å². The van der Waals surface area contributed by atoms with E-state index in [2.05, 4.69) is 5.32 Å². The summed E-state index contributed by atoms with van der Waals surface area (Å²) in [6, 6.07) is 5.49. The summed E-state index contributed by atoms with van der Waals surface area (Å²) in [5.41, 5.74) is 1.65. The quantitative estimate of drug-likeness (QED) is 0.631. The van der Waals surface area contributed by atoms with Crippen LogP contribution < -0.4 is 5.32 Å². The summed E-state index contributed by atoms with van der Waals surface area (Å²) < 4.78 is 0. The summed E-state index contributed by atoms with van der Waals surface area (Å²) in [6.07, 6.45) is 0. The zero-order valence-electron chi connectivity index (χ0n) is 10.7. The Labute approximate surface area is 102 Å². The fourth-order valence-corrected chi connectivity index (χ4v) is 1.62. The van der Waals surface area contributed by atoms with Crippen LogP contribution in [0.5, 0.6) is 0 Å². The van der Waals surface area contributed by atoms with Crippen LogP contribution in [0.3, 0.4) is 0 Å². The standard InChI is InChI=1S/C12H19N3O2/c1-9(2)13-11-6-5-10(8-14(3)4)7-12(11)15(16)17/h5-7,9,13H,8H2,1-4H3. The van der Waals surface area contributed by atoms with Crippen molar-refractivity contribution in [3.8, 4) is 0 Å². The van der Waals surface area contributed by atoms with Gasteiger partial charge in [-0.15, -0.1) is 0 Å². The molecule has 0 aliphatic heterocycles. The Morgan fingerprint density at radius 2 is 2.06 bits per heavy atom. The molecule has 1 aromatic carbocycles. The van der Waals surface area contributed by atoms with E-state index in [0.717, 1.165) is 5.56 Å². The van der Waals surface area contributed by atoms with Gasteiger partial charge < -0.3 is 10.2 Å². The van der Waals surface area contributed by atoms with E-state index in [1.165, 1.54) is 0 Å². The SMILES string of the molecule is CC(C)Nc1ccc(CN(C)C)cc1[N+](=O)[O-]. The zero-order valence-corrected chi connectivity index (χ0v) is 10.7. The van der Waals surface area contributed by atoms with E-state index in [9.17, 15) is 10.1 Å². The van der Waals surface area contributed by atoms with E-state index >= 15 is 0 Å². The third kappa shape index (κ3) is 4.03. The van der Waals surface area contributed by atoms with Crippen LogP contribution in [0, 0.1) is 10.1 Å². The fraction of sp³-hybridized carbons (Fsp3) is 0.500. The van der Waals surface area contributed by atoms with Gasteiger partial charge in [0.05, 0.1) is 4.92 Å². The molecule has 0 fully saturated rings. The molecule has 5 heteroatoms. The molecule has 0 aromatic heterocycles. The zero-order chi connectivity index (χ0) is 13.0. The monoisotopic (exact) mass is 237 g/mol. The lowest BCUT2D eigenvalue weighted by Gasteiger charge is -2.13. The highest BCUT2D eigenvalue weighted by Gasteiger charge is 2.15. The molecule has 5 nitrogen and oxygen atoms in total. The molecule has 0 bridgehead atoms. The van der Waals surface area contributed by atoms with E-state index in [1.54, 1.807) is 12.1 Å². The summed E-state index contributed by atoms with van der Waals surface area (Å²) >= 11 is 0. The topological polar surface area (TPSA) is 58.4 Å². The molecule has 0 saturated heterocycles. The van der Waals surface area contributed by atoms with Crippen molar-refractivity contribution in [3.05, 3.63) is 33.9 Å². The van der Waals surface area contributed by atoms with Crippen molar-refractivity contribution in [1.82, 2.24) is 4.90 Å². The van der Waals surface area contributed by atoms with Crippen LogP contribution in [0.15, 0.2) is 18.2 Å². The lowest BCUT2D eigenvalue weighted by Crippen LogP contribution is -2.13. The maximum Gasteiger partial charge on any atom is 0.292 e. The van der Waals surface area contributed by atoms with Gasteiger partial charge in [0.25, 0.3) is 5.69 Å². The second-order valence-corrected chi connectivity index (χ2v) is 4.65. The van der Waals surface area contributed by atoms with Crippen molar-refractivity contribution < 1.29 is 4.92 Å². The molecule has 0 aliphatic rings. The second kappa shape index (κ2) is 5.63. The largest absolute Gasteiger partial charge is 0.377 e. The minimum Gasteiger partial charge on any atom is -0.377 e. The molecular weight excluding hydrogens is 218 g/mol. The summed E-state index contributed by atoms with van der Waals surface area (Å²) in [7, 11) is 3.87. The average molecular weight is 237 g/mol. The van der Waals surface area contributed by atoms with Crippen molar-refractivity contribution in [2.24, 2.45) is 0 Å². The Hall–Kier alpha value is -1.62. The van der Waals surface area contributed by atoms with Gasteiger partial charge in [0.1, 0.15) is 5.69 Å². The van der Waals surface area contributed by atoms with E-state index < -0.39 is 0 Å². The van der Waals surface area contributed by atoms with Crippen molar-refractivity contribution in [2.75, 3.05) is 19.4 Å². The van der Waals surface area contributed by atoms with Gasteiger partial charge in [-0.2, -0.15) is 0 Å². The van der Waals surface area contributed by atoms with Crippen LogP contribution in [0.25, 0.3) is 0 Å². The highest BCUT2D eigenvalue weighted by molar-refractivity contribution is 5.62. The van der Waals surface area contributed by atoms with Crippen molar-refractivity contribution in [2.45, 2.75) is 26.4 Å². The molecule has 0 heterocycles. The Balaban J connectivity index is 3.04. The second-order valence-electron chi connectivity index (χ2n) is 4.65. The van der Waals surface area contributed by atoms with Crippen LogP contribution in [0.2, 0.25) is 0 Å².